The van der Waals surface area contributed by atoms with Gasteiger partial charge >= 0.3 is 5.97 Å². The first-order chi connectivity index (χ1) is 8.63. The highest BCUT2D eigenvalue weighted by molar-refractivity contribution is 6.08. The molecule has 4 nitrogen and oxygen atoms in total. The maximum absolute atomic E-state index is 11.3. The molecule has 1 aliphatic heterocycles. The summed E-state index contributed by atoms with van der Waals surface area (Å²) in [5.74, 6) is -0.644. The molecule has 0 spiro atoms. The van der Waals surface area contributed by atoms with Gasteiger partial charge in [0.15, 0.2) is 0 Å². The van der Waals surface area contributed by atoms with E-state index in [0.717, 1.165) is 32.2 Å². The minimum Gasteiger partial charge on any atom is -0.481 e. The molecule has 0 aromatic carbocycles. The number of hydrogen-bond donors (Lipinski definition) is 2. The third kappa shape index (κ3) is 2.89. The second kappa shape index (κ2) is 6.07. The fourth-order valence-electron chi connectivity index (χ4n) is 3.55. The summed E-state index contributed by atoms with van der Waals surface area (Å²) >= 11 is 0. The molecular weight excluding hydrogens is 227 g/mol. The molecule has 0 aromatic heterocycles. The summed E-state index contributed by atoms with van der Waals surface area (Å²) in [6, 6.07) is 0.627. The molecule has 4 atom stereocenters. The maximum Gasteiger partial charge on any atom is 0.308 e. The van der Waals surface area contributed by atoms with E-state index in [4.69, 9.17) is 13.6 Å². The Morgan fingerprint density at radius 3 is 2.72 bits per heavy atom. The lowest BCUT2D eigenvalue weighted by molar-refractivity contribution is -0.142. The molecule has 2 fully saturated rings. The van der Waals surface area contributed by atoms with Gasteiger partial charge in [-0.15, -0.1) is 0 Å². The van der Waals surface area contributed by atoms with Crippen LogP contribution in [0.3, 0.4) is 0 Å². The maximum atomic E-state index is 11.3. The van der Waals surface area contributed by atoms with Gasteiger partial charge in [-0.05, 0) is 25.2 Å². The lowest BCUT2D eigenvalue weighted by Crippen LogP contribution is -2.43. The molecule has 18 heavy (non-hydrogen) atoms. The number of nitrogens with zero attached hydrogens (tertiary/aromatic N) is 1. The molecule has 1 saturated carbocycles. The standard InChI is InChI=1S/C13H23BN2O2/c14-6-2-3-9-7-16(8-10(9)13(17)18)12-5-1-4-11(12)15/h9-12H,1-8,15H2,(H,17,18). The average molecular weight is 250 g/mol. The summed E-state index contributed by atoms with van der Waals surface area (Å²) in [7, 11) is 5.53. The Labute approximate surface area is 110 Å². The van der Waals surface area contributed by atoms with Gasteiger partial charge in [0.05, 0.1) is 13.8 Å². The van der Waals surface area contributed by atoms with Crippen LogP contribution in [0.2, 0.25) is 6.32 Å². The number of carbonyl (C=O) groups is 1. The van der Waals surface area contributed by atoms with E-state index in [-0.39, 0.29) is 17.9 Å². The molecule has 1 heterocycles. The van der Waals surface area contributed by atoms with E-state index in [1.807, 2.05) is 0 Å². The molecule has 1 saturated heterocycles. The topological polar surface area (TPSA) is 66.6 Å². The second-order valence-corrected chi connectivity index (χ2v) is 5.75. The highest BCUT2D eigenvalue weighted by Gasteiger charge is 2.41. The summed E-state index contributed by atoms with van der Waals surface area (Å²) in [5.41, 5.74) is 6.12. The van der Waals surface area contributed by atoms with Crippen LogP contribution in [-0.2, 0) is 4.79 Å². The van der Waals surface area contributed by atoms with Gasteiger partial charge in [-0.1, -0.05) is 19.2 Å². The van der Waals surface area contributed by atoms with Crippen molar-refractivity contribution in [3.63, 3.8) is 0 Å². The van der Waals surface area contributed by atoms with Crippen LogP contribution in [0.5, 0.6) is 0 Å². The van der Waals surface area contributed by atoms with Crippen molar-refractivity contribution in [1.82, 2.24) is 4.90 Å². The first kappa shape index (κ1) is 13.9. The zero-order valence-electron chi connectivity index (χ0n) is 10.9. The van der Waals surface area contributed by atoms with Crippen LogP contribution in [0.4, 0.5) is 0 Å². The summed E-state index contributed by atoms with van der Waals surface area (Å²) in [6.07, 6.45) is 5.85. The second-order valence-electron chi connectivity index (χ2n) is 5.75. The molecule has 0 bridgehead atoms. The van der Waals surface area contributed by atoms with Crippen molar-refractivity contribution >= 4 is 13.8 Å². The number of likely N-dealkylation sites (tertiary alicyclic amines) is 1. The van der Waals surface area contributed by atoms with E-state index in [0.29, 0.717) is 18.9 Å². The van der Waals surface area contributed by atoms with E-state index >= 15 is 0 Å². The number of rotatable bonds is 5. The van der Waals surface area contributed by atoms with Gasteiger partial charge in [0, 0.05) is 25.2 Å². The number of nitrogens with two attached hydrogens (primary N) is 1. The third-order valence-electron chi connectivity index (χ3n) is 4.57. The Kier molecular flexibility index (Phi) is 4.68. The molecule has 100 valence electrons. The van der Waals surface area contributed by atoms with Gasteiger partial charge in [-0.25, -0.2) is 0 Å². The van der Waals surface area contributed by atoms with Crippen molar-refractivity contribution in [1.29, 1.82) is 0 Å². The van der Waals surface area contributed by atoms with Crippen LogP contribution in [0.1, 0.15) is 32.1 Å². The van der Waals surface area contributed by atoms with Gasteiger partial charge in [0.1, 0.15) is 0 Å². The fraction of sp³-hybridized carbons (Fsp3) is 0.923. The van der Waals surface area contributed by atoms with E-state index < -0.39 is 5.97 Å². The molecule has 3 N–H and O–H groups in total. The van der Waals surface area contributed by atoms with Gasteiger partial charge in [0.25, 0.3) is 0 Å². The van der Waals surface area contributed by atoms with Crippen LogP contribution in [-0.4, -0.2) is 49.0 Å². The van der Waals surface area contributed by atoms with Gasteiger partial charge < -0.3 is 10.8 Å². The van der Waals surface area contributed by atoms with E-state index in [2.05, 4.69) is 4.90 Å². The van der Waals surface area contributed by atoms with Crippen LogP contribution in [0.15, 0.2) is 0 Å². The lowest BCUT2D eigenvalue weighted by Gasteiger charge is -2.27. The zero-order chi connectivity index (χ0) is 13.1. The van der Waals surface area contributed by atoms with Crippen molar-refractivity contribution < 1.29 is 9.90 Å². The number of aliphatic carboxylic acids is 1. The average Bonchev–Trinajstić information content (AvgIpc) is 2.92. The first-order valence-electron chi connectivity index (χ1n) is 7.06. The molecule has 2 aliphatic rings. The van der Waals surface area contributed by atoms with Crippen molar-refractivity contribution in [2.45, 2.75) is 50.5 Å². The monoisotopic (exact) mass is 250 g/mol. The molecule has 0 aromatic rings. The van der Waals surface area contributed by atoms with Gasteiger partial charge in [-0.3, -0.25) is 9.69 Å². The Bertz CT molecular complexity index is 301. The zero-order valence-corrected chi connectivity index (χ0v) is 10.9. The molecule has 5 heteroatoms. The molecule has 1 aliphatic carbocycles. The van der Waals surface area contributed by atoms with E-state index in [9.17, 15) is 9.90 Å². The number of carboxylic acids is 1. The highest BCUT2D eigenvalue weighted by Crippen LogP contribution is 2.33. The van der Waals surface area contributed by atoms with Crippen LogP contribution < -0.4 is 5.73 Å². The fourth-order valence-corrected chi connectivity index (χ4v) is 3.55. The minimum absolute atomic E-state index is 0.229. The van der Waals surface area contributed by atoms with E-state index in [1.54, 1.807) is 0 Å². The summed E-state index contributed by atoms with van der Waals surface area (Å²) in [5, 5.41) is 9.32. The lowest BCUT2D eigenvalue weighted by atomic mass is 9.88. The SMILES string of the molecule is [B]CCCC1CN(C2CCCC2N)CC1C(=O)O. The number of carboxylic acid groups (broad SMARTS) is 1. The van der Waals surface area contributed by atoms with Crippen LogP contribution in [0.25, 0.3) is 0 Å². The molecule has 0 amide bonds. The summed E-state index contributed by atoms with van der Waals surface area (Å²) in [4.78, 5) is 13.6. The highest BCUT2D eigenvalue weighted by atomic mass is 16.4. The van der Waals surface area contributed by atoms with Crippen LogP contribution in [0, 0.1) is 11.8 Å². The normalized spacial score (nSPS) is 37.2. The smallest absolute Gasteiger partial charge is 0.308 e. The predicted molar refractivity (Wildman–Crippen MR) is 71.6 cm³/mol. The quantitative estimate of drug-likeness (QED) is 0.710. The Morgan fingerprint density at radius 2 is 2.17 bits per heavy atom. The van der Waals surface area contributed by atoms with Crippen molar-refractivity contribution in [3.8, 4) is 0 Å². The minimum atomic E-state index is -0.661. The third-order valence-corrected chi connectivity index (χ3v) is 4.57. The van der Waals surface area contributed by atoms with Crippen molar-refractivity contribution in [2.75, 3.05) is 13.1 Å². The molecule has 2 rings (SSSR count). The summed E-state index contributed by atoms with van der Waals surface area (Å²) < 4.78 is 0. The molecule has 2 radical (unpaired) electrons. The molecule has 4 unspecified atom stereocenters. The Balaban J connectivity index is 1.97. The van der Waals surface area contributed by atoms with Gasteiger partial charge in [-0.2, -0.15) is 0 Å². The Morgan fingerprint density at radius 1 is 1.39 bits per heavy atom. The summed E-state index contributed by atoms with van der Waals surface area (Å²) in [6.45, 7) is 1.55. The molecular formula is C13H23BN2O2. The largest absolute Gasteiger partial charge is 0.481 e. The first-order valence-corrected chi connectivity index (χ1v) is 7.06. The van der Waals surface area contributed by atoms with Crippen molar-refractivity contribution in [2.24, 2.45) is 17.6 Å². The van der Waals surface area contributed by atoms with E-state index in [1.165, 1.54) is 6.42 Å². The van der Waals surface area contributed by atoms with Gasteiger partial charge in [0.2, 0.25) is 0 Å². The van der Waals surface area contributed by atoms with Crippen molar-refractivity contribution in [3.05, 3.63) is 0 Å². The predicted octanol–water partition coefficient (Wildman–Crippen LogP) is 0.866. The Hall–Kier alpha value is -0.545. The number of hydrogen-bond acceptors (Lipinski definition) is 3. The van der Waals surface area contributed by atoms with Crippen LogP contribution >= 0.6 is 0 Å².